The Hall–Kier alpha value is -1.88. The predicted octanol–water partition coefficient (Wildman–Crippen LogP) is 4.67. The molecule has 3 rings (SSSR count). The fourth-order valence-corrected chi connectivity index (χ4v) is 3.76. The summed E-state index contributed by atoms with van der Waals surface area (Å²) in [6.07, 6.45) is 3.07. The molecule has 1 amide bonds. The van der Waals surface area contributed by atoms with Crippen LogP contribution in [0.1, 0.15) is 29.5 Å². The van der Waals surface area contributed by atoms with Gasteiger partial charge in [0.25, 0.3) is 0 Å². The zero-order valence-corrected chi connectivity index (χ0v) is 17.8. The molecule has 28 heavy (non-hydrogen) atoms. The van der Waals surface area contributed by atoms with E-state index in [0.717, 1.165) is 36.2 Å². The molecular formula is C22H25Cl2N3O. The summed E-state index contributed by atoms with van der Waals surface area (Å²) < 4.78 is 0. The SMILES string of the molecule is CN(C)CCCc1ccccc1CC(=O)N1CCC(c2cc(Cl)ccc2Cl)=N1. The maximum Gasteiger partial charge on any atom is 0.247 e. The summed E-state index contributed by atoms with van der Waals surface area (Å²) >= 11 is 12.4. The van der Waals surface area contributed by atoms with Gasteiger partial charge in [0.1, 0.15) is 0 Å². The van der Waals surface area contributed by atoms with Gasteiger partial charge >= 0.3 is 0 Å². The molecule has 6 heteroatoms. The number of hydrogen-bond acceptors (Lipinski definition) is 3. The van der Waals surface area contributed by atoms with E-state index < -0.39 is 0 Å². The maximum absolute atomic E-state index is 12.8. The number of hydrazone groups is 1. The van der Waals surface area contributed by atoms with E-state index in [1.165, 1.54) is 5.56 Å². The highest BCUT2D eigenvalue weighted by atomic mass is 35.5. The Morgan fingerprint density at radius 1 is 1.14 bits per heavy atom. The first-order valence-corrected chi connectivity index (χ1v) is 10.2. The van der Waals surface area contributed by atoms with Gasteiger partial charge in [-0.15, -0.1) is 0 Å². The molecule has 0 atom stereocenters. The smallest absolute Gasteiger partial charge is 0.247 e. The number of aryl methyl sites for hydroxylation is 1. The summed E-state index contributed by atoms with van der Waals surface area (Å²) in [5.41, 5.74) is 3.92. The molecule has 0 aromatic heterocycles. The van der Waals surface area contributed by atoms with E-state index in [0.29, 0.717) is 29.4 Å². The minimum atomic E-state index is 0.00760. The Morgan fingerprint density at radius 3 is 2.64 bits per heavy atom. The molecule has 0 unspecified atom stereocenters. The van der Waals surface area contributed by atoms with Crippen LogP contribution >= 0.6 is 23.2 Å². The molecule has 0 spiro atoms. The van der Waals surface area contributed by atoms with Gasteiger partial charge in [-0.3, -0.25) is 4.79 Å². The number of halogens is 2. The number of benzene rings is 2. The van der Waals surface area contributed by atoms with Crippen LogP contribution in [0.25, 0.3) is 0 Å². The molecule has 0 bridgehead atoms. The number of nitrogens with zero attached hydrogens (tertiary/aromatic N) is 3. The van der Waals surface area contributed by atoms with Gasteiger partial charge < -0.3 is 4.90 Å². The molecular weight excluding hydrogens is 393 g/mol. The average Bonchev–Trinajstić information content (AvgIpc) is 3.15. The molecule has 2 aromatic carbocycles. The standard InChI is InChI=1S/C22H25Cl2N3O/c1-26(2)12-5-8-16-6-3-4-7-17(16)14-22(28)27-13-11-21(25-27)19-15-18(23)9-10-20(19)24/h3-4,6-7,9-10,15H,5,8,11-14H2,1-2H3. The van der Waals surface area contributed by atoms with Gasteiger partial charge in [0.2, 0.25) is 5.91 Å². The topological polar surface area (TPSA) is 35.9 Å². The van der Waals surface area contributed by atoms with E-state index in [2.05, 4.69) is 30.2 Å². The highest BCUT2D eigenvalue weighted by Crippen LogP contribution is 2.25. The largest absolute Gasteiger partial charge is 0.309 e. The van der Waals surface area contributed by atoms with Crippen molar-refractivity contribution in [2.24, 2.45) is 5.10 Å². The number of amides is 1. The van der Waals surface area contributed by atoms with Gasteiger partial charge in [0, 0.05) is 22.0 Å². The van der Waals surface area contributed by atoms with Crippen molar-refractivity contribution < 1.29 is 4.79 Å². The second-order valence-electron chi connectivity index (χ2n) is 7.29. The third-order valence-corrected chi connectivity index (χ3v) is 5.41. The van der Waals surface area contributed by atoms with Crippen molar-refractivity contribution in [1.82, 2.24) is 9.91 Å². The first kappa shape index (κ1) is 20.8. The van der Waals surface area contributed by atoms with Gasteiger partial charge in [-0.05, 0) is 62.8 Å². The first-order chi connectivity index (χ1) is 13.4. The third kappa shape index (κ3) is 5.34. The van der Waals surface area contributed by atoms with Crippen LogP contribution in [0.2, 0.25) is 10.0 Å². The van der Waals surface area contributed by atoms with Gasteiger partial charge in [-0.1, -0.05) is 47.5 Å². The molecule has 0 saturated carbocycles. The van der Waals surface area contributed by atoms with Crippen LogP contribution in [-0.2, 0) is 17.6 Å². The zero-order valence-electron chi connectivity index (χ0n) is 16.3. The lowest BCUT2D eigenvalue weighted by Gasteiger charge is -2.15. The lowest BCUT2D eigenvalue weighted by molar-refractivity contribution is -0.130. The first-order valence-electron chi connectivity index (χ1n) is 9.49. The van der Waals surface area contributed by atoms with E-state index in [1.807, 2.05) is 18.2 Å². The summed E-state index contributed by atoms with van der Waals surface area (Å²) in [6.45, 7) is 1.60. The fourth-order valence-electron chi connectivity index (χ4n) is 3.36. The third-order valence-electron chi connectivity index (χ3n) is 4.84. The van der Waals surface area contributed by atoms with Crippen molar-refractivity contribution in [3.63, 3.8) is 0 Å². The Morgan fingerprint density at radius 2 is 1.89 bits per heavy atom. The highest BCUT2D eigenvalue weighted by Gasteiger charge is 2.23. The quantitative estimate of drug-likeness (QED) is 0.656. The molecule has 4 nitrogen and oxygen atoms in total. The van der Waals surface area contributed by atoms with Crippen LogP contribution in [0.4, 0.5) is 0 Å². The van der Waals surface area contributed by atoms with Crippen LogP contribution in [0, 0.1) is 0 Å². The van der Waals surface area contributed by atoms with Crippen molar-refractivity contribution in [1.29, 1.82) is 0 Å². The second kappa shape index (κ2) is 9.55. The average molecular weight is 418 g/mol. The van der Waals surface area contributed by atoms with Crippen LogP contribution < -0.4 is 0 Å². The number of carbonyl (C=O) groups is 1. The van der Waals surface area contributed by atoms with Crippen LogP contribution in [0.3, 0.4) is 0 Å². The van der Waals surface area contributed by atoms with Gasteiger partial charge in [-0.2, -0.15) is 5.10 Å². The minimum Gasteiger partial charge on any atom is -0.309 e. The van der Waals surface area contributed by atoms with Gasteiger partial charge in [0.05, 0.1) is 18.7 Å². The van der Waals surface area contributed by atoms with E-state index in [9.17, 15) is 4.79 Å². The van der Waals surface area contributed by atoms with E-state index in [4.69, 9.17) is 23.2 Å². The van der Waals surface area contributed by atoms with E-state index in [-0.39, 0.29) is 5.91 Å². The Labute approximate surface area is 176 Å². The zero-order chi connectivity index (χ0) is 20.1. The number of rotatable bonds is 7. The minimum absolute atomic E-state index is 0.00760. The Balaban J connectivity index is 1.69. The maximum atomic E-state index is 12.8. The van der Waals surface area contributed by atoms with Crippen LogP contribution in [0.15, 0.2) is 47.6 Å². The highest BCUT2D eigenvalue weighted by molar-refractivity contribution is 6.36. The summed E-state index contributed by atoms with van der Waals surface area (Å²) in [7, 11) is 4.15. The molecule has 0 aliphatic carbocycles. The molecule has 0 fully saturated rings. The van der Waals surface area contributed by atoms with Crippen molar-refractivity contribution in [3.05, 3.63) is 69.2 Å². The van der Waals surface area contributed by atoms with Gasteiger partial charge in [0.15, 0.2) is 0 Å². The molecule has 0 saturated heterocycles. The normalized spacial score (nSPS) is 13.9. The molecule has 0 radical (unpaired) electrons. The number of carbonyl (C=O) groups excluding carboxylic acids is 1. The van der Waals surface area contributed by atoms with Crippen molar-refractivity contribution in [2.75, 3.05) is 27.2 Å². The summed E-state index contributed by atoms with van der Waals surface area (Å²) in [5, 5.41) is 7.29. The van der Waals surface area contributed by atoms with E-state index in [1.54, 1.807) is 23.2 Å². The Bertz CT molecular complexity index is 880. The van der Waals surface area contributed by atoms with E-state index >= 15 is 0 Å². The molecule has 1 aliphatic heterocycles. The lowest BCUT2D eigenvalue weighted by Crippen LogP contribution is -2.25. The molecule has 1 heterocycles. The van der Waals surface area contributed by atoms with Crippen LogP contribution in [-0.4, -0.2) is 48.7 Å². The second-order valence-corrected chi connectivity index (χ2v) is 8.13. The van der Waals surface area contributed by atoms with Crippen molar-refractivity contribution in [3.8, 4) is 0 Å². The monoisotopic (exact) mass is 417 g/mol. The Kier molecular flexibility index (Phi) is 7.11. The predicted molar refractivity (Wildman–Crippen MR) is 116 cm³/mol. The van der Waals surface area contributed by atoms with Crippen molar-refractivity contribution in [2.45, 2.75) is 25.7 Å². The number of hydrogen-bond donors (Lipinski definition) is 0. The summed E-state index contributed by atoms with van der Waals surface area (Å²) in [5.74, 6) is 0.00760. The molecule has 0 N–H and O–H groups in total. The summed E-state index contributed by atoms with van der Waals surface area (Å²) in [6, 6.07) is 13.5. The lowest BCUT2D eigenvalue weighted by atomic mass is 10.00. The fraction of sp³-hybridized carbons (Fsp3) is 0.364. The van der Waals surface area contributed by atoms with Gasteiger partial charge in [-0.25, -0.2) is 5.01 Å². The summed E-state index contributed by atoms with van der Waals surface area (Å²) in [4.78, 5) is 15.0. The van der Waals surface area contributed by atoms with Crippen molar-refractivity contribution >= 4 is 34.8 Å². The molecule has 148 valence electrons. The van der Waals surface area contributed by atoms with Crippen LogP contribution in [0.5, 0.6) is 0 Å². The molecule has 2 aromatic rings. The molecule has 1 aliphatic rings.